The van der Waals surface area contributed by atoms with Gasteiger partial charge >= 0.3 is 0 Å². The summed E-state index contributed by atoms with van der Waals surface area (Å²) in [6.45, 7) is 5.79. The van der Waals surface area contributed by atoms with Crippen molar-refractivity contribution in [2.45, 2.75) is 39.7 Å². The van der Waals surface area contributed by atoms with Crippen molar-refractivity contribution in [3.8, 4) is 0 Å². The zero-order chi connectivity index (χ0) is 17.1. The van der Waals surface area contributed by atoms with Crippen LogP contribution in [0.15, 0.2) is 18.2 Å². The maximum Gasteiger partial charge on any atom is 0.220 e. The fourth-order valence-electron chi connectivity index (χ4n) is 2.60. The van der Waals surface area contributed by atoms with E-state index in [0.717, 1.165) is 22.5 Å². The van der Waals surface area contributed by atoms with E-state index in [1.807, 2.05) is 32.5 Å². The molecule has 0 aliphatic rings. The molecule has 1 N–H and O–H groups in total. The molecule has 0 fully saturated rings. The summed E-state index contributed by atoms with van der Waals surface area (Å²) < 4.78 is 15.0. The zero-order valence-electron chi connectivity index (χ0n) is 13.8. The van der Waals surface area contributed by atoms with E-state index in [1.54, 1.807) is 6.07 Å². The van der Waals surface area contributed by atoms with Crippen LogP contribution in [0.2, 0.25) is 5.02 Å². The first-order valence-electron chi connectivity index (χ1n) is 7.53. The van der Waals surface area contributed by atoms with Crippen LogP contribution in [0.5, 0.6) is 0 Å². The van der Waals surface area contributed by atoms with Gasteiger partial charge in [-0.1, -0.05) is 17.7 Å². The van der Waals surface area contributed by atoms with Gasteiger partial charge in [0.25, 0.3) is 0 Å². The fourth-order valence-corrected chi connectivity index (χ4v) is 2.79. The van der Waals surface area contributed by atoms with Crippen molar-refractivity contribution in [2.75, 3.05) is 0 Å². The Kier molecular flexibility index (Phi) is 5.42. The molecule has 4 nitrogen and oxygen atoms in total. The van der Waals surface area contributed by atoms with Crippen molar-refractivity contribution in [3.63, 3.8) is 0 Å². The van der Waals surface area contributed by atoms with E-state index in [1.165, 1.54) is 12.1 Å². The van der Waals surface area contributed by atoms with Crippen LogP contribution in [-0.4, -0.2) is 15.7 Å². The summed E-state index contributed by atoms with van der Waals surface area (Å²) in [5.41, 5.74) is 3.92. The Balaban J connectivity index is 1.95. The Hall–Kier alpha value is -1.88. The molecule has 0 spiro atoms. The lowest BCUT2D eigenvalue weighted by Gasteiger charge is -2.15. The topological polar surface area (TPSA) is 46.9 Å². The minimum Gasteiger partial charge on any atom is -0.350 e. The number of aromatic nitrogens is 2. The lowest BCUT2D eigenvalue weighted by molar-refractivity contribution is -0.121. The summed E-state index contributed by atoms with van der Waals surface area (Å²) in [5, 5.41) is 7.32. The average Bonchev–Trinajstić information content (AvgIpc) is 2.73. The second kappa shape index (κ2) is 7.13. The zero-order valence-corrected chi connectivity index (χ0v) is 14.5. The average molecular weight is 338 g/mol. The number of amides is 1. The van der Waals surface area contributed by atoms with Crippen molar-refractivity contribution < 1.29 is 9.18 Å². The number of benzene rings is 1. The molecule has 124 valence electrons. The largest absolute Gasteiger partial charge is 0.350 e. The molecular weight excluding hydrogens is 317 g/mol. The molecule has 1 unspecified atom stereocenters. The van der Waals surface area contributed by atoms with E-state index in [0.29, 0.717) is 12.8 Å². The SMILES string of the molecule is Cc1nn(C)c(C)c1CCC(=O)NC(C)c1ccc(F)c(Cl)c1. The lowest BCUT2D eigenvalue weighted by Crippen LogP contribution is -2.27. The first kappa shape index (κ1) is 17.5. The summed E-state index contributed by atoms with van der Waals surface area (Å²) in [7, 11) is 1.90. The van der Waals surface area contributed by atoms with Gasteiger partial charge in [-0.25, -0.2) is 4.39 Å². The Morgan fingerprint density at radius 1 is 1.43 bits per heavy atom. The van der Waals surface area contributed by atoms with Gasteiger partial charge in [0.05, 0.1) is 16.8 Å². The van der Waals surface area contributed by atoms with Crippen LogP contribution in [0, 0.1) is 19.7 Å². The highest BCUT2D eigenvalue weighted by Crippen LogP contribution is 2.21. The number of nitrogens with zero attached hydrogens (tertiary/aromatic N) is 2. The number of rotatable bonds is 5. The summed E-state index contributed by atoms with van der Waals surface area (Å²) in [6.07, 6.45) is 1.03. The minimum atomic E-state index is -0.462. The summed E-state index contributed by atoms with van der Waals surface area (Å²) in [5.74, 6) is -0.517. The molecule has 0 saturated heterocycles. The Bertz CT molecular complexity index is 727. The quantitative estimate of drug-likeness (QED) is 0.905. The monoisotopic (exact) mass is 337 g/mol. The molecule has 23 heavy (non-hydrogen) atoms. The molecule has 0 aliphatic heterocycles. The predicted octanol–water partition coefficient (Wildman–Crippen LogP) is 3.64. The minimum absolute atomic E-state index is 0.0550. The van der Waals surface area contributed by atoms with Crippen LogP contribution in [0.3, 0.4) is 0 Å². The smallest absolute Gasteiger partial charge is 0.220 e. The fraction of sp³-hybridized carbons (Fsp3) is 0.412. The molecule has 1 amide bonds. The maximum atomic E-state index is 13.2. The van der Waals surface area contributed by atoms with Gasteiger partial charge in [-0.2, -0.15) is 5.10 Å². The first-order valence-corrected chi connectivity index (χ1v) is 7.90. The predicted molar refractivity (Wildman–Crippen MR) is 89.0 cm³/mol. The second-order valence-corrected chi connectivity index (χ2v) is 6.14. The van der Waals surface area contributed by atoms with Crippen molar-refractivity contribution in [3.05, 3.63) is 51.6 Å². The van der Waals surface area contributed by atoms with Crippen LogP contribution in [0.25, 0.3) is 0 Å². The number of nitrogens with one attached hydrogen (secondary N) is 1. The lowest BCUT2D eigenvalue weighted by atomic mass is 10.1. The number of carbonyl (C=O) groups excluding carboxylic acids is 1. The van der Waals surface area contributed by atoms with Crippen LogP contribution >= 0.6 is 11.6 Å². The highest BCUT2D eigenvalue weighted by Gasteiger charge is 2.14. The van der Waals surface area contributed by atoms with Gasteiger partial charge in [-0.05, 0) is 50.5 Å². The molecule has 2 aromatic rings. The van der Waals surface area contributed by atoms with Crippen molar-refractivity contribution >= 4 is 17.5 Å². The van der Waals surface area contributed by atoms with Gasteiger partial charge in [0.2, 0.25) is 5.91 Å². The molecule has 0 aliphatic carbocycles. The Morgan fingerprint density at radius 3 is 2.70 bits per heavy atom. The molecule has 0 bridgehead atoms. The molecule has 1 heterocycles. The standard InChI is InChI=1S/C17H21ClFN3O/c1-10(13-5-7-16(19)15(18)9-13)20-17(23)8-6-14-11(2)21-22(4)12(14)3/h5,7,9-10H,6,8H2,1-4H3,(H,20,23). The molecule has 6 heteroatoms. The van der Waals surface area contributed by atoms with E-state index in [4.69, 9.17) is 11.6 Å². The van der Waals surface area contributed by atoms with Crippen LogP contribution in [0.4, 0.5) is 4.39 Å². The third-order valence-electron chi connectivity index (χ3n) is 4.08. The number of halogens is 2. The third-order valence-corrected chi connectivity index (χ3v) is 4.37. The Morgan fingerprint density at radius 2 is 2.13 bits per heavy atom. The van der Waals surface area contributed by atoms with E-state index < -0.39 is 5.82 Å². The molecule has 2 rings (SSSR count). The van der Waals surface area contributed by atoms with Gasteiger partial charge in [0, 0.05) is 19.2 Å². The molecule has 0 radical (unpaired) electrons. The van der Waals surface area contributed by atoms with Crippen molar-refractivity contribution in [1.82, 2.24) is 15.1 Å². The van der Waals surface area contributed by atoms with E-state index >= 15 is 0 Å². The number of carbonyl (C=O) groups is 1. The molecule has 1 atom stereocenters. The van der Waals surface area contributed by atoms with Crippen LogP contribution in [0.1, 0.15) is 41.9 Å². The van der Waals surface area contributed by atoms with Gasteiger partial charge < -0.3 is 5.32 Å². The van der Waals surface area contributed by atoms with E-state index in [9.17, 15) is 9.18 Å². The second-order valence-electron chi connectivity index (χ2n) is 5.74. The van der Waals surface area contributed by atoms with Crippen molar-refractivity contribution in [1.29, 1.82) is 0 Å². The van der Waals surface area contributed by atoms with Gasteiger partial charge in [0.1, 0.15) is 5.82 Å². The highest BCUT2D eigenvalue weighted by atomic mass is 35.5. The number of aryl methyl sites for hydroxylation is 2. The van der Waals surface area contributed by atoms with Gasteiger partial charge in [-0.15, -0.1) is 0 Å². The molecule has 1 aromatic carbocycles. The summed E-state index contributed by atoms with van der Waals surface area (Å²) in [6, 6.07) is 4.25. The molecule has 1 aromatic heterocycles. The number of hydrogen-bond acceptors (Lipinski definition) is 2. The van der Waals surface area contributed by atoms with Crippen LogP contribution < -0.4 is 5.32 Å². The van der Waals surface area contributed by atoms with Crippen LogP contribution in [-0.2, 0) is 18.3 Å². The normalized spacial score (nSPS) is 12.3. The highest BCUT2D eigenvalue weighted by molar-refractivity contribution is 6.30. The van der Waals surface area contributed by atoms with Gasteiger partial charge in [-0.3, -0.25) is 9.48 Å². The maximum absolute atomic E-state index is 13.2. The molecule has 0 saturated carbocycles. The van der Waals surface area contributed by atoms with E-state index in [2.05, 4.69) is 10.4 Å². The van der Waals surface area contributed by atoms with Crippen molar-refractivity contribution in [2.24, 2.45) is 7.05 Å². The van der Waals surface area contributed by atoms with Gasteiger partial charge in [0.15, 0.2) is 0 Å². The molecular formula is C17H21ClFN3O. The third kappa shape index (κ3) is 4.10. The van der Waals surface area contributed by atoms with E-state index in [-0.39, 0.29) is 17.0 Å². The first-order chi connectivity index (χ1) is 10.8. The summed E-state index contributed by atoms with van der Waals surface area (Å²) >= 11 is 5.78. The summed E-state index contributed by atoms with van der Waals surface area (Å²) in [4.78, 5) is 12.1. The Labute approximate surface area is 140 Å². The number of hydrogen-bond donors (Lipinski definition) is 1.